The lowest BCUT2D eigenvalue weighted by Gasteiger charge is -2.19. The SMILES string of the molecule is COc1ccccc1N1C[C@@H](C(=O)OCC(=O)c2ccc(C)cc2)CC1=O. The van der Waals surface area contributed by atoms with Gasteiger partial charge in [-0.15, -0.1) is 0 Å². The average molecular weight is 367 g/mol. The first-order valence-electron chi connectivity index (χ1n) is 8.69. The summed E-state index contributed by atoms with van der Waals surface area (Å²) in [5.41, 5.74) is 2.16. The summed E-state index contributed by atoms with van der Waals surface area (Å²) >= 11 is 0. The lowest BCUT2D eigenvalue weighted by molar-refractivity contribution is -0.147. The van der Waals surface area contributed by atoms with E-state index in [0.29, 0.717) is 17.0 Å². The van der Waals surface area contributed by atoms with E-state index in [1.54, 1.807) is 30.3 Å². The lowest BCUT2D eigenvalue weighted by Crippen LogP contribution is -2.27. The predicted molar refractivity (Wildman–Crippen MR) is 99.9 cm³/mol. The summed E-state index contributed by atoms with van der Waals surface area (Å²) in [6, 6.07) is 14.2. The summed E-state index contributed by atoms with van der Waals surface area (Å²) in [5, 5.41) is 0. The molecule has 0 saturated carbocycles. The fourth-order valence-electron chi connectivity index (χ4n) is 3.03. The van der Waals surface area contributed by atoms with Crippen LogP contribution in [0.2, 0.25) is 0 Å². The zero-order chi connectivity index (χ0) is 19.4. The number of hydrogen-bond donors (Lipinski definition) is 0. The number of hydrogen-bond acceptors (Lipinski definition) is 5. The van der Waals surface area contributed by atoms with Gasteiger partial charge < -0.3 is 14.4 Å². The van der Waals surface area contributed by atoms with Crippen LogP contribution in [-0.4, -0.2) is 37.9 Å². The van der Waals surface area contributed by atoms with Crippen molar-refractivity contribution >= 4 is 23.3 Å². The van der Waals surface area contributed by atoms with E-state index >= 15 is 0 Å². The molecule has 6 heteroatoms. The van der Waals surface area contributed by atoms with E-state index in [9.17, 15) is 14.4 Å². The minimum absolute atomic E-state index is 0.0512. The van der Waals surface area contributed by atoms with Crippen LogP contribution in [0.3, 0.4) is 0 Å². The third-order valence-corrected chi connectivity index (χ3v) is 4.55. The van der Waals surface area contributed by atoms with Crippen LogP contribution in [0, 0.1) is 12.8 Å². The topological polar surface area (TPSA) is 72.9 Å². The summed E-state index contributed by atoms with van der Waals surface area (Å²) in [4.78, 5) is 38.3. The maximum atomic E-state index is 12.3. The number of aryl methyl sites for hydroxylation is 1. The van der Waals surface area contributed by atoms with Crippen molar-refractivity contribution in [2.45, 2.75) is 13.3 Å². The van der Waals surface area contributed by atoms with Crippen LogP contribution >= 0.6 is 0 Å². The van der Waals surface area contributed by atoms with Gasteiger partial charge in [-0.25, -0.2) is 0 Å². The van der Waals surface area contributed by atoms with Crippen molar-refractivity contribution in [1.82, 2.24) is 0 Å². The molecule has 1 aliphatic rings. The minimum Gasteiger partial charge on any atom is -0.495 e. The molecule has 0 unspecified atom stereocenters. The number of carbonyl (C=O) groups excluding carboxylic acids is 3. The summed E-state index contributed by atoms with van der Waals surface area (Å²) in [6.45, 7) is 1.80. The Morgan fingerprint density at radius 3 is 2.52 bits per heavy atom. The second-order valence-corrected chi connectivity index (χ2v) is 6.47. The Bertz CT molecular complexity index is 859. The van der Waals surface area contributed by atoms with E-state index in [1.807, 2.05) is 25.1 Å². The van der Waals surface area contributed by atoms with E-state index in [2.05, 4.69) is 0 Å². The molecule has 1 heterocycles. The van der Waals surface area contributed by atoms with Gasteiger partial charge in [0, 0.05) is 18.5 Å². The number of rotatable bonds is 6. The molecule has 27 heavy (non-hydrogen) atoms. The molecule has 1 fully saturated rings. The highest BCUT2D eigenvalue weighted by molar-refractivity contribution is 6.01. The zero-order valence-corrected chi connectivity index (χ0v) is 15.3. The summed E-state index contributed by atoms with van der Waals surface area (Å²) in [5.74, 6) is -1.02. The van der Waals surface area contributed by atoms with Crippen LogP contribution in [0.4, 0.5) is 5.69 Å². The molecular formula is C21H21NO5. The molecule has 1 saturated heterocycles. The first kappa shape index (κ1) is 18.6. The van der Waals surface area contributed by atoms with Gasteiger partial charge >= 0.3 is 5.97 Å². The molecule has 2 aromatic carbocycles. The largest absolute Gasteiger partial charge is 0.495 e. The smallest absolute Gasteiger partial charge is 0.311 e. The Kier molecular flexibility index (Phi) is 5.54. The van der Waals surface area contributed by atoms with Gasteiger partial charge in [0.25, 0.3) is 0 Å². The Labute approximate surface area is 157 Å². The molecule has 0 N–H and O–H groups in total. The van der Waals surface area contributed by atoms with E-state index in [1.165, 1.54) is 12.0 Å². The third-order valence-electron chi connectivity index (χ3n) is 4.55. The van der Waals surface area contributed by atoms with Gasteiger partial charge in [-0.05, 0) is 19.1 Å². The molecule has 6 nitrogen and oxygen atoms in total. The molecule has 140 valence electrons. The molecular weight excluding hydrogens is 346 g/mol. The van der Waals surface area contributed by atoms with Crippen molar-refractivity contribution in [3.8, 4) is 5.75 Å². The first-order chi connectivity index (χ1) is 13.0. The fraction of sp³-hybridized carbons (Fsp3) is 0.286. The van der Waals surface area contributed by atoms with Gasteiger partial charge in [-0.2, -0.15) is 0 Å². The number of Topliss-reactive ketones (excluding diaryl/α,β-unsaturated/α-hetero) is 1. The Morgan fingerprint density at radius 2 is 1.81 bits per heavy atom. The van der Waals surface area contributed by atoms with E-state index in [4.69, 9.17) is 9.47 Å². The molecule has 0 bridgehead atoms. The van der Waals surface area contributed by atoms with E-state index < -0.39 is 11.9 Å². The van der Waals surface area contributed by atoms with Gasteiger partial charge in [0.2, 0.25) is 5.91 Å². The van der Waals surface area contributed by atoms with Crippen LogP contribution in [-0.2, 0) is 14.3 Å². The second-order valence-electron chi connectivity index (χ2n) is 6.47. The second kappa shape index (κ2) is 8.03. The minimum atomic E-state index is -0.603. The number of ketones is 1. The number of para-hydroxylation sites is 2. The number of amides is 1. The number of anilines is 1. The highest BCUT2D eigenvalue weighted by atomic mass is 16.5. The molecule has 1 atom stereocenters. The van der Waals surface area contributed by atoms with Crippen molar-refractivity contribution in [2.75, 3.05) is 25.2 Å². The van der Waals surface area contributed by atoms with Crippen LogP contribution in [0.5, 0.6) is 5.75 Å². The fourth-order valence-corrected chi connectivity index (χ4v) is 3.03. The number of methoxy groups -OCH3 is 1. The normalized spacial score (nSPS) is 16.3. The number of carbonyl (C=O) groups is 3. The summed E-state index contributed by atoms with van der Waals surface area (Å²) in [7, 11) is 1.53. The Hall–Kier alpha value is -3.15. The molecule has 0 aromatic heterocycles. The molecule has 0 radical (unpaired) electrons. The maximum Gasteiger partial charge on any atom is 0.311 e. The van der Waals surface area contributed by atoms with Crippen LogP contribution in [0.1, 0.15) is 22.3 Å². The van der Waals surface area contributed by atoms with Crippen LogP contribution < -0.4 is 9.64 Å². The van der Waals surface area contributed by atoms with Crippen molar-refractivity contribution < 1.29 is 23.9 Å². The molecule has 2 aromatic rings. The van der Waals surface area contributed by atoms with Gasteiger partial charge in [0.05, 0.1) is 18.7 Å². The predicted octanol–water partition coefficient (Wildman–Crippen LogP) is 2.78. The van der Waals surface area contributed by atoms with Crippen molar-refractivity contribution in [2.24, 2.45) is 5.92 Å². The molecule has 3 rings (SSSR count). The third kappa shape index (κ3) is 4.16. The maximum absolute atomic E-state index is 12.3. The number of ether oxygens (including phenoxy) is 2. The molecule has 1 amide bonds. The Balaban J connectivity index is 1.60. The van der Waals surface area contributed by atoms with E-state index in [-0.39, 0.29) is 31.3 Å². The summed E-state index contributed by atoms with van der Waals surface area (Å²) < 4.78 is 10.4. The molecule has 0 spiro atoms. The van der Waals surface area contributed by atoms with Gasteiger partial charge in [0.15, 0.2) is 12.4 Å². The Morgan fingerprint density at radius 1 is 1.11 bits per heavy atom. The first-order valence-corrected chi connectivity index (χ1v) is 8.69. The van der Waals surface area contributed by atoms with Crippen LogP contribution in [0.15, 0.2) is 48.5 Å². The highest BCUT2D eigenvalue weighted by Gasteiger charge is 2.37. The van der Waals surface area contributed by atoms with E-state index in [0.717, 1.165) is 5.56 Å². The number of esters is 1. The lowest BCUT2D eigenvalue weighted by atomic mass is 10.1. The van der Waals surface area contributed by atoms with Gasteiger partial charge in [0.1, 0.15) is 5.75 Å². The van der Waals surface area contributed by atoms with Crippen molar-refractivity contribution in [3.05, 3.63) is 59.7 Å². The van der Waals surface area contributed by atoms with Crippen molar-refractivity contribution in [1.29, 1.82) is 0 Å². The quantitative estimate of drug-likeness (QED) is 0.580. The van der Waals surface area contributed by atoms with Gasteiger partial charge in [-0.3, -0.25) is 14.4 Å². The highest BCUT2D eigenvalue weighted by Crippen LogP contribution is 2.33. The summed E-state index contributed by atoms with van der Waals surface area (Å²) in [6.07, 6.45) is 0.0512. The van der Waals surface area contributed by atoms with Crippen molar-refractivity contribution in [3.63, 3.8) is 0 Å². The molecule has 1 aliphatic heterocycles. The standard InChI is InChI=1S/C21H21NO5/c1-14-7-9-15(10-8-14)18(23)13-27-21(25)16-11-20(24)22(12-16)17-5-3-4-6-19(17)26-2/h3-10,16H,11-13H2,1-2H3/t16-/m0/s1. The molecule has 0 aliphatic carbocycles. The zero-order valence-electron chi connectivity index (χ0n) is 15.3. The average Bonchev–Trinajstić information content (AvgIpc) is 3.08. The van der Waals surface area contributed by atoms with Crippen LogP contribution in [0.25, 0.3) is 0 Å². The van der Waals surface area contributed by atoms with Gasteiger partial charge in [-0.1, -0.05) is 42.0 Å². The number of benzene rings is 2. The monoisotopic (exact) mass is 367 g/mol. The number of nitrogens with zero attached hydrogens (tertiary/aromatic N) is 1.